The number of benzene rings is 4. The topological polar surface area (TPSA) is 921 Å². The van der Waals surface area contributed by atoms with E-state index >= 15 is 57.5 Å². The number of urea groups is 3. The maximum Gasteiger partial charge on any atom is 0.312 e. The highest BCUT2D eigenvalue weighted by atomic mass is 33.1. The number of unbranched alkanes of at least 4 members (excludes halogenated alkanes) is 1. The molecule has 14 atom stereocenters. The van der Waals surface area contributed by atoms with E-state index in [4.69, 9.17) is 73.2 Å². The molecule has 4 aromatic rings. The molecule has 0 bridgehead atoms. The van der Waals surface area contributed by atoms with E-state index in [0.717, 1.165) is 38.8 Å². The maximum absolute atomic E-state index is 16.1. The molecule has 2 saturated heterocycles. The smallest absolute Gasteiger partial charge is 0.312 e. The van der Waals surface area contributed by atoms with Crippen molar-refractivity contribution in [1.82, 2.24) is 111 Å². The zero-order valence-corrected chi connectivity index (χ0v) is 83.9. The van der Waals surface area contributed by atoms with Crippen molar-refractivity contribution < 1.29 is 96.5 Å². The predicted molar refractivity (Wildman–Crippen MR) is 551 cm³/mol. The van der Waals surface area contributed by atoms with E-state index < -0.39 is 240 Å². The first-order chi connectivity index (χ1) is 70.5. The van der Waals surface area contributed by atoms with Crippen molar-refractivity contribution in [2.75, 3.05) is 70.4 Å². The number of carbonyl (C=O) groups excluding carboxylic acids is 18. The molecular weight excluding hydrogens is 1970 g/mol. The highest BCUT2D eigenvalue weighted by molar-refractivity contribution is 8.76. The van der Waals surface area contributed by atoms with Crippen molar-refractivity contribution in [1.29, 1.82) is 21.6 Å². The molecule has 44 N–H and O–H groups in total. The summed E-state index contributed by atoms with van der Waals surface area (Å²) in [6.07, 6.45) is -3.08. The fourth-order valence-electron chi connectivity index (χ4n) is 15.9. The minimum atomic E-state index is -1.95. The average Bonchev–Trinajstić information content (AvgIpc) is 1.62. The Morgan fingerprint density at radius 3 is 1.22 bits per heavy atom. The maximum atomic E-state index is 16.1. The van der Waals surface area contributed by atoms with Crippen LogP contribution in [0.15, 0.2) is 91.0 Å². The predicted octanol–water partition coefficient (Wildman–Crippen LogP) is -7.00. The number of hydrogen-bond donors (Lipinski definition) is 35. The van der Waals surface area contributed by atoms with Gasteiger partial charge in [0.15, 0.2) is 23.8 Å². The molecule has 0 spiro atoms. The number of phenolic OH excluding ortho intramolecular Hbond substituents is 2. The minimum absolute atomic E-state index is 0.0118. The van der Waals surface area contributed by atoms with Crippen LogP contribution in [0.5, 0.6) is 11.5 Å². The fourth-order valence-corrected chi connectivity index (χ4v) is 18.2. The van der Waals surface area contributed by atoms with Crippen molar-refractivity contribution in [2.45, 2.75) is 233 Å². The van der Waals surface area contributed by atoms with Crippen LogP contribution >= 0.6 is 21.6 Å². The molecule has 2 aliphatic heterocycles. The van der Waals surface area contributed by atoms with Gasteiger partial charge < -0.3 is 173 Å². The van der Waals surface area contributed by atoms with Crippen molar-refractivity contribution in [2.24, 2.45) is 51.6 Å². The Kier molecular flexibility index (Phi) is 52.5. The summed E-state index contributed by atoms with van der Waals surface area (Å²) in [6, 6.07) is -3.35. The van der Waals surface area contributed by atoms with Crippen LogP contribution in [0.4, 0.5) is 14.4 Å². The molecule has 0 aliphatic carbocycles. The van der Waals surface area contributed by atoms with Crippen LogP contribution in [0, 0.1) is 21.6 Å². The van der Waals surface area contributed by atoms with E-state index in [1.54, 1.807) is 36.4 Å². The molecule has 2 aliphatic rings. The second-order valence-corrected chi connectivity index (χ2v) is 37.8. The number of aromatic hydroxyl groups is 2. The summed E-state index contributed by atoms with van der Waals surface area (Å²) in [6.45, 7) is 0.409. The lowest BCUT2D eigenvalue weighted by Crippen LogP contribution is -2.61. The van der Waals surface area contributed by atoms with Crippen LogP contribution < -0.4 is 158 Å². The summed E-state index contributed by atoms with van der Waals surface area (Å²) in [5.41, 5.74) is 51.6. The third-order valence-corrected chi connectivity index (χ3v) is 25.9. The van der Waals surface area contributed by atoms with Crippen LogP contribution in [0.3, 0.4) is 0 Å². The first-order valence-electron chi connectivity index (χ1n) is 48.4. The van der Waals surface area contributed by atoms with Crippen molar-refractivity contribution in [3.8, 4) is 11.5 Å². The Hall–Kier alpha value is -15.7. The summed E-state index contributed by atoms with van der Waals surface area (Å²) >= 11 is 0. The quantitative estimate of drug-likeness (QED) is 0.00846. The molecule has 6 rings (SSSR count). The summed E-state index contributed by atoms with van der Waals surface area (Å²) in [4.78, 5) is 264. The molecule has 54 nitrogen and oxygen atoms in total. The second kappa shape index (κ2) is 64.3. The number of nitrogens with zero attached hydrogens (tertiary/aromatic N) is 1. The van der Waals surface area contributed by atoms with Gasteiger partial charge in [0, 0.05) is 90.0 Å². The highest BCUT2D eigenvalue weighted by Gasteiger charge is 2.43. The number of hydrogen-bond acceptors (Lipinski definition) is 27. The molecule has 56 heteroatoms. The number of fused-ring (bicyclic) bond motifs is 2. The van der Waals surface area contributed by atoms with Gasteiger partial charge in [0.25, 0.3) is 0 Å². The Morgan fingerprint density at radius 1 is 0.399 bits per heavy atom. The third kappa shape index (κ3) is 45.3. The van der Waals surface area contributed by atoms with Gasteiger partial charge in [0.2, 0.25) is 88.6 Å². The first-order valence-corrected chi connectivity index (χ1v) is 50.9. The van der Waals surface area contributed by atoms with E-state index in [0.29, 0.717) is 16.5 Å². The Balaban J connectivity index is 1.64. The van der Waals surface area contributed by atoms with Gasteiger partial charge in [-0.1, -0.05) is 88.3 Å². The Morgan fingerprint density at radius 2 is 0.777 bits per heavy atom. The van der Waals surface area contributed by atoms with Crippen molar-refractivity contribution in [3.05, 3.63) is 108 Å². The van der Waals surface area contributed by atoms with Gasteiger partial charge in [-0.3, -0.25) is 93.6 Å². The molecule has 4 aromatic carbocycles. The number of primary amides is 4. The second-order valence-electron chi connectivity index (χ2n) is 35.3. The van der Waals surface area contributed by atoms with Crippen LogP contribution in [0.2, 0.25) is 0 Å². The molecule has 0 aromatic heterocycles. The van der Waals surface area contributed by atoms with E-state index in [-0.39, 0.29) is 204 Å². The molecule has 148 heavy (non-hydrogen) atoms. The molecule has 0 unspecified atom stereocenters. The summed E-state index contributed by atoms with van der Waals surface area (Å²) in [7, 11) is 1.46. The molecule has 0 radical (unpaired) electrons. The number of rotatable bonds is 48. The highest BCUT2D eigenvalue weighted by Crippen LogP contribution is 2.27. The van der Waals surface area contributed by atoms with Gasteiger partial charge in [-0.15, -0.1) is 0 Å². The normalized spacial score (nSPS) is 19.8. The molecular formula is C92H142N34O20S2. The van der Waals surface area contributed by atoms with Gasteiger partial charge in [0.1, 0.15) is 96.1 Å². The number of nitrogens with one attached hydrogen (secondary N) is 24. The van der Waals surface area contributed by atoms with Gasteiger partial charge >= 0.3 is 18.1 Å². The fraction of sp³-hybridized carbons (Fsp3) is 0.522. The molecule has 812 valence electrons. The number of phenols is 2. The van der Waals surface area contributed by atoms with E-state index in [1.807, 2.05) is 6.07 Å². The van der Waals surface area contributed by atoms with Crippen LogP contribution in [-0.4, -0.2) is 301 Å². The minimum Gasteiger partial charge on any atom is -0.508 e. The lowest BCUT2D eigenvalue weighted by molar-refractivity contribution is -0.142. The molecule has 21 amide bonds. The van der Waals surface area contributed by atoms with Crippen LogP contribution in [-0.2, 0) is 91.2 Å². The molecule has 0 saturated carbocycles. The monoisotopic (exact) mass is 2110 g/mol. The zero-order valence-electron chi connectivity index (χ0n) is 82.3. The van der Waals surface area contributed by atoms with E-state index in [2.05, 4.69) is 106 Å². The summed E-state index contributed by atoms with van der Waals surface area (Å²) in [5.74, 6) is -18.9. The van der Waals surface area contributed by atoms with Crippen molar-refractivity contribution in [3.63, 3.8) is 0 Å². The van der Waals surface area contributed by atoms with Crippen LogP contribution in [0.25, 0.3) is 10.8 Å². The largest absolute Gasteiger partial charge is 0.508 e. The SMILES string of the molecule is CC(=O)N[C@@H](CCCNC(=N)N)C(=O)N[C@@H](CCCNC(=N)N)C(=O)N[C@@H](Cc1ccc2ccccc2c1)C(=O)N[C@H]1CSSC[C@@H](C(=O)N[C@@H](CCCNC(=N)N)C(N)=O)NC(=O)[C@H](CCCNC(N)=O)NC(=O)[C@H](CCCNC(=N)N)NC(=O)[C@H](Cc2ccc(O)cc2)NC(=O)[C@@H]2CCCN2C(=O)[C@@H](CCCNC(N)=O)NC(=O)[C@H](CCCCN)NC(=O)[C@H](CCCNC(N)=O)NC(=O)[C@H](Cc2ccc(O)cc2)NC1=O. The van der Waals surface area contributed by atoms with Crippen molar-refractivity contribution >= 4 is 163 Å². The molecule has 2 fully saturated rings. The zero-order chi connectivity index (χ0) is 109. The van der Waals surface area contributed by atoms with Gasteiger partial charge in [0.05, 0.1) is 0 Å². The Bertz CT molecular complexity index is 5230. The Labute approximate surface area is 861 Å². The molecule has 2 heterocycles. The van der Waals surface area contributed by atoms with E-state index in [9.17, 15) is 39.0 Å². The lowest BCUT2D eigenvalue weighted by Gasteiger charge is -2.31. The van der Waals surface area contributed by atoms with Crippen LogP contribution in [0.1, 0.15) is 146 Å². The first kappa shape index (κ1) is 121. The van der Waals surface area contributed by atoms with Gasteiger partial charge in [-0.05, 0) is 180 Å². The number of guanidine groups is 4. The number of amides is 21. The standard InChI is InChI=1S/C92H142N34O20S2/c1-50(127)113-59(18-7-37-107-87(97)98)73(131)116-63(20-9-39-109-89(101)102)77(135)121-68(47-53-25-30-54-14-2-3-15-55(54)44-53)81(139)125-70-49-148-147-48-69(82(140)114-58(72(94)130)17-6-36-106-86(95)96)124-78(136)64(22-11-41-111-91(104)145)117-75(133)61(19-8-38-108-88(99)100)119-80(138)67(46-52-28-33-57(129)34-29-52)123-84(142)71-24-13-43-126(71)85(143)65(23-12-42-112-92(105)146)120-76(134)60(16-4-5-35-93)115-74(132)62(21-10-40-110-90(103)144)118-79(137)66(122-83(70)141)45-51-26-31-56(128)32-27-51/h2-3,14-15,25-34,44,58-71,128-129H,4-13,16-24,35-43,45-49,93H2,1H3,(H2,94,130)(H,113,127)(H,114,140)(H,115,132)(H,116,131)(H,117,133)(H,118,137)(H,119,138)(H,120,134)(H,121,135)(H,122,141)(H,123,142)(H,124,136)(H,125,139)(H4,95,96,106)(H4,97,98,107)(H4,99,100,108)(H4,101,102,109)(H3,103,110,144)(H3,104,111,145)(H3,105,112,146)/t58-,59-,60-,61-,62-,63-,64-,65+,66-,67-,68-,69-,70-,71-/m0/s1. The summed E-state index contributed by atoms with van der Waals surface area (Å²) < 4.78 is 0. The van der Waals surface area contributed by atoms with Gasteiger partial charge in [-0.25, -0.2) is 14.4 Å². The third-order valence-electron chi connectivity index (χ3n) is 23.5. The summed E-state index contributed by atoms with van der Waals surface area (Å²) in [5, 5.41) is 106. The van der Waals surface area contributed by atoms with Gasteiger partial charge in [-0.2, -0.15) is 0 Å². The average molecular weight is 2110 g/mol. The lowest BCUT2D eigenvalue weighted by atomic mass is 10.00. The van der Waals surface area contributed by atoms with E-state index in [1.165, 1.54) is 48.5 Å². The number of carbonyl (C=O) groups is 18. The number of nitrogens with two attached hydrogens (primary N) is 9.